The molecule has 152 valence electrons. The summed E-state index contributed by atoms with van der Waals surface area (Å²) in [7, 11) is 0. The van der Waals surface area contributed by atoms with Gasteiger partial charge in [-0.2, -0.15) is 0 Å². The SMILES string of the molecule is CCN1CCN(CCOc2ccc3cc(-c4ccc(Cl)cc4)c(=O)oc3c2)CC1. The van der Waals surface area contributed by atoms with Crippen LogP contribution in [0.5, 0.6) is 5.75 Å². The lowest BCUT2D eigenvalue weighted by atomic mass is 10.1. The van der Waals surface area contributed by atoms with Crippen LogP contribution in [0.2, 0.25) is 5.02 Å². The Bertz CT molecular complexity index is 1020. The van der Waals surface area contributed by atoms with E-state index in [-0.39, 0.29) is 5.63 Å². The smallest absolute Gasteiger partial charge is 0.344 e. The predicted molar refractivity (Wildman–Crippen MR) is 117 cm³/mol. The summed E-state index contributed by atoms with van der Waals surface area (Å²) in [5, 5.41) is 1.49. The first-order valence-corrected chi connectivity index (χ1v) is 10.4. The topological polar surface area (TPSA) is 45.9 Å². The molecule has 0 amide bonds. The summed E-state index contributed by atoms with van der Waals surface area (Å²) in [4.78, 5) is 17.3. The van der Waals surface area contributed by atoms with Gasteiger partial charge in [0.05, 0.1) is 5.56 Å². The molecule has 4 rings (SSSR count). The van der Waals surface area contributed by atoms with E-state index in [1.807, 2.05) is 30.3 Å². The zero-order chi connectivity index (χ0) is 20.2. The summed E-state index contributed by atoms with van der Waals surface area (Å²) in [6, 6.07) is 14.6. The second-order valence-corrected chi connectivity index (χ2v) is 7.71. The van der Waals surface area contributed by atoms with Gasteiger partial charge >= 0.3 is 5.63 Å². The average molecular weight is 413 g/mol. The van der Waals surface area contributed by atoms with E-state index in [9.17, 15) is 4.79 Å². The second kappa shape index (κ2) is 8.99. The zero-order valence-corrected chi connectivity index (χ0v) is 17.3. The molecule has 0 aliphatic carbocycles. The van der Waals surface area contributed by atoms with E-state index < -0.39 is 0 Å². The van der Waals surface area contributed by atoms with Gasteiger partial charge in [0.25, 0.3) is 0 Å². The van der Waals surface area contributed by atoms with Gasteiger partial charge in [-0.1, -0.05) is 30.7 Å². The van der Waals surface area contributed by atoms with Crippen molar-refractivity contribution >= 4 is 22.6 Å². The standard InChI is InChI=1S/C23H25ClN2O3/c1-2-25-9-11-26(12-10-25)13-14-28-20-8-5-18-15-21(23(27)29-22(18)16-20)17-3-6-19(24)7-4-17/h3-8,15-16H,2,9-14H2,1H3. The molecular weight excluding hydrogens is 388 g/mol. The maximum atomic E-state index is 12.5. The van der Waals surface area contributed by atoms with Gasteiger partial charge in [-0.3, -0.25) is 4.90 Å². The van der Waals surface area contributed by atoms with Crippen LogP contribution in [-0.2, 0) is 0 Å². The lowest BCUT2D eigenvalue weighted by Gasteiger charge is -2.33. The zero-order valence-electron chi connectivity index (χ0n) is 16.6. The first-order chi connectivity index (χ1) is 14.1. The van der Waals surface area contributed by atoms with Crippen molar-refractivity contribution in [1.82, 2.24) is 9.80 Å². The minimum Gasteiger partial charge on any atom is -0.492 e. The molecule has 6 heteroatoms. The van der Waals surface area contributed by atoms with Crippen molar-refractivity contribution in [2.75, 3.05) is 45.9 Å². The van der Waals surface area contributed by atoms with Gasteiger partial charge < -0.3 is 14.1 Å². The number of benzene rings is 2. The van der Waals surface area contributed by atoms with Gasteiger partial charge in [-0.15, -0.1) is 0 Å². The van der Waals surface area contributed by atoms with Gasteiger partial charge in [0, 0.05) is 49.2 Å². The van der Waals surface area contributed by atoms with Crippen molar-refractivity contribution in [3.63, 3.8) is 0 Å². The van der Waals surface area contributed by atoms with Crippen molar-refractivity contribution < 1.29 is 9.15 Å². The highest BCUT2D eigenvalue weighted by atomic mass is 35.5. The van der Waals surface area contributed by atoms with Gasteiger partial charge in [0.15, 0.2) is 0 Å². The molecule has 0 unspecified atom stereocenters. The van der Waals surface area contributed by atoms with Crippen LogP contribution in [0.25, 0.3) is 22.1 Å². The number of piperazine rings is 1. The number of ether oxygens (including phenoxy) is 1. The molecule has 29 heavy (non-hydrogen) atoms. The fourth-order valence-electron chi connectivity index (χ4n) is 3.63. The van der Waals surface area contributed by atoms with Crippen LogP contribution < -0.4 is 10.4 Å². The maximum absolute atomic E-state index is 12.5. The number of hydrogen-bond donors (Lipinski definition) is 0. The summed E-state index contributed by atoms with van der Waals surface area (Å²) in [5.41, 5.74) is 1.47. The molecule has 0 N–H and O–H groups in total. The number of nitrogens with zero attached hydrogens (tertiary/aromatic N) is 2. The summed E-state index contributed by atoms with van der Waals surface area (Å²) < 4.78 is 11.5. The number of hydrogen-bond acceptors (Lipinski definition) is 5. The van der Waals surface area contributed by atoms with Crippen molar-refractivity contribution in [1.29, 1.82) is 0 Å². The van der Waals surface area contributed by atoms with Crippen LogP contribution in [0.3, 0.4) is 0 Å². The first kappa shape index (κ1) is 20.0. The normalized spacial score (nSPS) is 15.7. The number of likely N-dealkylation sites (N-methyl/N-ethyl adjacent to an activating group) is 1. The Balaban J connectivity index is 1.42. The molecule has 3 aromatic rings. The number of halogens is 1. The molecule has 1 saturated heterocycles. The van der Waals surface area contributed by atoms with Gasteiger partial charge in [0.1, 0.15) is 17.9 Å². The van der Waals surface area contributed by atoms with Crippen molar-refractivity contribution in [2.24, 2.45) is 0 Å². The molecule has 2 aromatic carbocycles. The van der Waals surface area contributed by atoms with Crippen LogP contribution in [0, 0.1) is 0 Å². The Kier molecular flexibility index (Phi) is 6.19. The minimum absolute atomic E-state index is 0.370. The third-order valence-corrected chi connectivity index (χ3v) is 5.70. The summed E-state index contributed by atoms with van der Waals surface area (Å²) in [6.45, 7) is 9.23. The Hall–Kier alpha value is -2.34. The van der Waals surface area contributed by atoms with Crippen LogP contribution >= 0.6 is 11.6 Å². The van der Waals surface area contributed by atoms with Crippen LogP contribution in [-0.4, -0.2) is 55.7 Å². The van der Waals surface area contributed by atoms with Gasteiger partial charge in [0.2, 0.25) is 0 Å². The summed E-state index contributed by atoms with van der Waals surface area (Å²) in [6.07, 6.45) is 0. The lowest BCUT2D eigenvalue weighted by Crippen LogP contribution is -2.47. The van der Waals surface area contributed by atoms with E-state index in [1.165, 1.54) is 0 Å². The molecular formula is C23H25ClN2O3. The van der Waals surface area contributed by atoms with E-state index in [4.69, 9.17) is 20.8 Å². The molecule has 5 nitrogen and oxygen atoms in total. The minimum atomic E-state index is -0.370. The van der Waals surface area contributed by atoms with Gasteiger partial charge in [-0.25, -0.2) is 4.79 Å². The van der Waals surface area contributed by atoms with Crippen molar-refractivity contribution in [2.45, 2.75) is 6.92 Å². The van der Waals surface area contributed by atoms with E-state index >= 15 is 0 Å². The fraction of sp³-hybridized carbons (Fsp3) is 0.348. The third kappa shape index (κ3) is 4.81. The Morgan fingerprint density at radius 3 is 2.45 bits per heavy atom. The van der Waals surface area contributed by atoms with Gasteiger partial charge in [-0.05, 0) is 42.4 Å². The highest BCUT2D eigenvalue weighted by molar-refractivity contribution is 6.30. The molecule has 1 fully saturated rings. The van der Waals surface area contributed by atoms with E-state index in [0.717, 1.165) is 50.2 Å². The maximum Gasteiger partial charge on any atom is 0.344 e. The van der Waals surface area contributed by atoms with Crippen LogP contribution in [0.1, 0.15) is 6.92 Å². The quantitative estimate of drug-likeness (QED) is 0.569. The number of rotatable bonds is 6. The van der Waals surface area contributed by atoms with Crippen molar-refractivity contribution in [3.8, 4) is 16.9 Å². The Labute approximate surface area is 175 Å². The largest absolute Gasteiger partial charge is 0.492 e. The molecule has 1 aliphatic heterocycles. The first-order valence-electron chi connectivity index (χ1n) is 10.0. The predicted octanol–water partition coefficient (Wildman–Crippen LogP) is 4.13. The van der Waals surface area contributed by atoms with Crippen LogP contribution in [0.4, 0.5) is 0 Å². The highest BCUT2D eigenvalue weighted by Gasteiger charge is 2.15. The Morgan fingerprint density at radius 1 is 1.00 bits per heavy atom. The average Bonchev–Trinajstić information content (AvgIpc) is 2.74. The van der Waals surface area contributed by atoms with Crippen LogP contribution in [0.15, 0.2) is 57.7 Å². The number of fused-ring (bicyclic) bond motifs is 1. The summed E-state index contributed by atoms with van der Waals surface area (Å²) >= 11 is 5.94. The van der Waals surface area contributed by atoms with E-state index in [0.29, 0.717) is 28.5 Å². The molecule has 1 aromatic heterocycles. The molecule has 2 heterocycles. The van der Waals surface area contributed by atoms with E-state index in [1.54, 1.807) is 18.2 Å². The monoisotopic (exact) mass is 412 g/mol. The fourth-order valence-corrected chi connectivity index (χ4v) is 3.76. The Morgan fingerprint density at radius 2 is 1.72 bits per heavy atom. The third-order valence-electron chi connectivity index (χ3n) is 5.45. The summed E-state index contributed by atoms with van der Waals surface area (Å²) in [5.74, 6) is 0.715. The second-order valence-electron chi connectivity index (χ2n) is 7.28. The molecule has 0 bridgehead atoms. The lowest BCUT2D eigenvalue weighted by molar-refractivity contribution is 0.121. The molecule has 0 atom stereocenters. The molecule has 0 radical (unpaired) electrons. The molecule has 1 aliphatic rings. The highest BCUT2D eigenvalue weighted by Crippen LogP contribution is 2.25. The van der Waals surface area contributed by atoms with Crippen molar-refractivity contribution in [3.05, 3.63) is 64.0 Å². The van der Waals surface area contributed by atoms with E-state index in [2.05, 4.69) is 16.7 Å². The molecule has 0 spiro atoms. The molecule has 0 saturated carbocycles.